The fourth-order valence-electron chi connectivity index (χ4n) is 3.80. The zero-order valence-corrected chi connectivity index (χ0v) is 13.5. The molecule has 1 N–H and O–H groups in total. The van der Waals surface area contributed by atoms with E-state index in [1.165, 1.54) is 12.0 Å². The zero-order valence-electron chi connectivity index (χ0n) is 13.5. The molecule has 4 heteroatoms. The number of nitrogens with zero attached hydrogens (tertiary/aromatic N) is 2. The van der Waals surface area contributed by atoms with Crippen LogP contribution in [0.1, 0.15) is 38.7 Å². The highest BCUT2D eigenvalue weighted by molar-refractivity contribution is 5.84. The summed E-state index contributed by atoms with van der Waals surface area (Å²) in [6, 6.07) is 11.5. The third-order valence-corrected chi connectivity index (χ3v) is 4.95. The maximum absolute atomic E-state index is 12.4. The van der Waals surface area contributed by atoms with Crippen LogP contribution in [-0.2, 0) is 11.3 Å². The number of fused-ring (bicyclic) bond motifs is 2. The number of benzene rings is 1. The molecule has 1 aromatic carbocycles. The van der Waals surface area contributed by atoms with Gasteiger partial charge in [0.05, 0.1) is 0 Å². The molecule has 2 atom stereocenters. The maximum Gasteiger partial charge on any atom is 0.254 e. The molecule has 0 radical (unpaired) electrons. The molecular formula is C18H26N2O2. The van der Waals surface area contributed by atoms with Crippen molar-refractivity contribution >= 4 is 5.91 Å². The summed E-state index contributed by atoms with van der Waals surface area (Å²) in [6.07, 6.45) is 3.38. The second-order valence-electron chi connectivity index (χ2n) is 7.14. The lowest BCUT2D eigenvalue weighted by Crippen LogP contribution is -2.48. The van der Waals surface area contributed by atoms with Gasteiger partial charge in [-0.1, -0.05) is 30.3 Å². The molecular weight excluding hydrogens is 276 g/mol. The molecule has 0 aromatic heterocycles. The van der Waals surface area contributed by atoms with Crippen LogP contribution in [-0.4, -0.2) is 51.6 Å². The minimum absolute atomic E-state index is 0.139. The summed E-state index contributed by atoms with van der Waals surface area (Å²) < 4.78 is 0. The third-order valence-electron chi connectivity index (χ3n) is 4.95. The van der Waals surface area contributed by atoms with Gasteiger partial charge in [-0.2, -0.15) is 0 Å². The van der Waals surface area contributed by atoms with Crippen molar-refractivity contribution in [3.63, 3.8) is 0 Å². The van der Waals surface area contributed by atoms with Gasteiger partial charge < -0.3 is 10.0 Å². The van der Waals surface area contributed by atoms with Crippen LogP contribution in [0.2, 0.25) is 0 Å². The Morgan fingerprint density at radius 2 is 1.86 bits per heavy atom. The average molecular weight is 302 g/mol. The Kier molecular flexibility index (Phi) is 4.24. The van der Waals surface area contributed by atoms with E-state index < -0.39 is 5.60 Å². The summed E-state index contributed by atoms with van der Waals surface area (Å²) in [4.78, 5) is 16.8. The van der Waals surface area contributed by atoms with Crippen LogP contribution in [0.3, 0.4) is 0 Å². The molecule has 22 heavy (non-hydrogen) atoms. The number of carbonyl (C=O) groups is 1. The Hall–Kier alpha value is -1.39. The average Bonchev–Trinajstić information content (AvgIpc) is 2.73. The lowest BCUT2D eigenvalue weighted by atomic mass is 10.0. The normalized spacial score (nSPS) is 26.0. The summed E-state index contributed by atoms with van der Waals surface area (Å²) in [6.45, 7) is 5.63. The van der Waals surface area contributed by atoms with E-state index in [4.69, 9.17) is 0 Å². The molecule has 0 spiro atoms. The summed E-state index contributed by atoms with van der Waals surface area (Å²) in [7, 11) is 0. The smallest absolute Gasteiger partial charge is 0.254 e. The summed E-state index contributed by atoms with van der Waals surface area (Å²) in [5.41, 5.74) is 0.0649. The predicted molar refractivity (Wildman–Crippen MR) is 86.3 cm³/mol. The number of amides is 1. The Balaban J connectivity index is 1.72. The predicted octanol–water partition coefficient (Wildman–Crippen LogP) is 2.02. The van der Waals surface area contributed by atoms with Crippen LogP contribution in [0.15, 0.2) is 30.3 Å². The van der Waals surface area contributed by atoms with Gasteiger partial charge in [-0.3, -0.25) is 9.69 Å². The molecule has 0 saturated carbocycles. The highest BCUT2D eigenvalue weighted by Gasteiger charge is 2.40. The van der Waals surface area contributed by atoms with Gasteiger partial charge in [0.2, 0.25) is 0 Å². The number of rotatable bonds is 3. The van der Waals surface area contributed by atoms with Gasteiger partial charge >= 0.3 is 0 Å². The molecule has 2 heterocycles. The molecule has 2 aliphatic rings. The second kappa shape index (κ2) is 6.01. The van der Waals surface area contributed by atoms with Crippen LogP contribution in [0.25, 0.3) is 0 Å². The standard InChI is InChI=1S/C18H26N2O2/c1-18(2,22)17(21)19-11-10-15-8-9-16(13-19)20(15)12-14-6-4-3-5-7-14/h3-7,15-16,22H,8-13H2,1-2H3/t15-,16+/m1/s1. The van der Waals surface area contributed by atoms with E-state index in [-0.39, 0.29) is 5.91 Å². The first-order valence-corrected chi connectivity index (χ1v) is 8.26. The molecule has 1 aromatic rings. The van der Waals surface area contributed by atoms with Crippen molar-refractivity contribution in [3.8, 4) is 0 Å². The Labute approximate surface area is 132 Å². The summed E-state index contributed by atoms with van der Waals surface area (Å²) in [5, 5.41) is 10.00. The van der Waals surface area contributed by atoms with Crippen LogP contribution in [0.5, 0.6) is 0 Å². The van der Waals surface area contributed by atoms with Crippen molar-refractivity contribution in [3.05, 3.63) is 35.9 Å². The van der Waals surface area contributed by atoms with Gasteiger partial charge in [0.1, 0.15) is 5.60 Å². The minimum Gasteiger partial charge on any atom is -0.381 e. The van der Waals surface area contributed by atoms with Gasteiger partial charge in [0.15, 0.2) is 0 Å². The van der Waals surface area contributed by atoms with Gasteiger partial charge in [-0.15, -0.1) is 0 Å². The Morgan fingerprint density at radius 1 is 1.18 bits per heavy atom. The number of aliphatic hydroxyl groups is 1. The van der Waals surface area contributed by atoms with E-state index in [1.807, 2.05) is 11.0 Å². The monoisotopic (exact) mass is 302 g/mol. The molecule has 3 rings (SSSR count). The minimum atomic E-state index is -1.27. The molecule has 2 fully saturated rings. The van der Waals surface area contributed by atoms with Crippen molar-refractivity contribution in [2.45, 2.75) is 57.3 Å². The maximum atomic E-state index is 12.4. The summed E-state index contributed by atoms with van der Waals surface area (Å²) in [5.74, 6) is -0.139. The van der Waals surface area contributed by atoms with E-state index in [0.29, 0.717) is 12.1 Å². The molecule has 2 aliphatic heterocycles. The highest BCUT2D eigenvalue weighted by Crippen LogP contribution is 2.32. The van der Waals surface area contributed by atoms with Crippen molar-refractivity contribution in [2.75, 3.05) is 13.1 Å². The molecule has 2 bridgehead atoms. The van der Waals surface area contributed by atoms with Crippen LogP contribution < -0.4 is 0 Å². The van der Waals surface area contributed by atoms with Gasteiger partial charge in [-0.05, 0) is 38.7 Å². The SMILES string of the molecule is CC(C)(O)C(=O)N1CC[C@H]2CC[C@@H](C1)N2Cc1ccccc1. The third kappa shape index (κ3) is 3.18. The van der Waals surface area contributed by atoms with Crippen molar-refractivity contribution < 1.29 is 9.90 Å². The van der Waals surface area contributed by atoms with Gasteiger partial charge in [-0.25, -0.2) is 0 Å². The van der Waals surface area contributed by atoms with Crippen LogP contribution >= 0.6 is 0 Å². The number of hydrogen-bond acceptors (Lipinski definition) is 3. The molecule has 0 aliphatic carbocycles. The molecule has 1 amide bonds. The van der Waals surface area contributed by atoms with E-state index >= 15 is 0 Å². The highest BCUT2D eigenvalue weighted by atomic mass is 16.3. The van der Waals surface area contributed by atoms with Crippen molar-refractivity contribution in [1.82, 2.24) is 9.80 Å². The van der Waals surface area contributed by atoms with Crippen molar-refractivity contribution in [2.24, 2.45) is 0 Å². The van der Waals surface area contributed by atoms with E-state index in [2.05, 4.69) is 29.2 Å². The topological polar surface area (TPSA) is 43.8 Å². The largest absolute Gasteiger partial charge is 0.381 e. The Bertz CT molecular complexity index is 524. The zero-order chi connectivity index (χ0) is 15.7. The number of carbonyl (C=O) groups excluding carboxylic acids is 1. The summed E-state index contributed by atoms with van der Waals surface area (Å²) >= 11 is 0. The quantitative estimate of drug-likeness (QED) is 0.929. The van der Waals surface area contributed by atoms with E-state index in [1.54, 1.807) is 13.8 Å². The second-order valence-corrected chi connectivity index (χ2v) is 7.14. The fraction of sp³-hybridized carbons (Fsp3) is 0.611. The lowest BCUT2D eigenvalue weighted by molar-refractivity contribution is -0.148. The van der Waals surface area contributed by atoms with E-state index in [0.717, 1.165) is 32.5 Å². The lowest BCUT2D eigenvalue weighted by Gasteiger charge is -2.31. The molecule has 120 valence electrons. The first-order valence-electron chi connectivity index (χ1n) is 8.26. The fourth-order valence-corrected chi connectivity index (χ4v) is 3.80. The van der Waals surface area contributed by atoms with Gasteiger partial charge in [0.25, 0.3) is 5.91 Å². The van der Waals surface area contributed by atoms with Crippen LogP contribution in [0, 0.1) is 0 Å². The van der Waals surface area contributed by atoms with Gasteiger partial charge in [0, 0.05) is 31.7 Å². The molecule has 2 saturated heterocycles. The first-order chi connectivity index (χ1) is 10.4. The molecule has 0 unspecified atom stereocenters. The molecule has 4 nitrogen and oxygen atoms in total. The van der Waals surface area contributed by atoms with E-state index in [9.17, 15) is 9.90 Å². The van der Waals surface area contributed by atoms with Crippen LogP contribution in [0.4, 0.5) is 0 Å². The van der Waals surface area contributed by atoms with Crippen molar-refractivity contribution in [1.29, 1.82) is 0 Å². The Morgan fingerprint density at radius 3 is 2.55 bits per heavy atom. The first kappa shape index (κ1) is 15.5. The number of hydrogen-bond donors (Lipinski definition) is 1. The number of likely N-dealkylation sites (tertiary alicyclic amines) is 1.